The van der Waals surface area contributed by atoms with E-state index in [1.165, 1.54) is 16.2 Å². The van der Waals surface area contributed by atoms with Gasteiger partial charge in [-0.15, -0.1) is 11.3 Å². The molecule has 24 heavy (non-hydrogen) atoms. The topological polar surface area (TPSA) is 82.4 Å². The number of carbonyl (C=O) groups is 2. The highest BCUT2D eigenvalue weighted by Crippen LogP contribution is 2.31. The third-order valence-electron chi connectivity index (χ3n) is 3.86. The summed E-state index contributed by atoms with van der Waals surface area (Å²) >= 11 is 1.43. The Bertz CT molecular complexity index is 795. The van der Waals surface area contributed by atoms with Crippen molar-refractivity contribution in [3.63, 3.8) is 0 Å². The minimum atomic E-state index is -1.01. The van der Waals surface area contributed by atoms with E-state index in [1.807, 2.05) is 23.6 Å². The summed E-state index contributed by atoms with van der Waals surface area (Å²) in [6, 6.07) is 12.0. The molecule has 1 unspecified atom stereocenters. The number of hydrogen-bond acceptors (Lipinski definition) is 5. The Labute approximate surface area is 143 Å². The first-order valence-corrected chi connectivity index (χ1v) is 8.23. The molecule has 0 spiro atoms. The second kappa shape index (κ2) is 6.34. The normalized spacial score (nSPS) is 19.9. The van der Waals surface area contributed by atoms with Crippen LogP contribution in [0.3, 0.4) is 0 Å². The van der Waals surface area contributed by atoms with Gasteiger partial charge in [0.1, 0.15) is 12.4 Å². The van der Waals surface area contributed by atoms with Crippen LogP contribution in [0.25, 0.3) is 0 Å². The average molecular weight is 341 g/mol. The third kappa shape index (κ3) is 2.84. The quantitative estimate of drug-likeness (QED) is 0.847. The second-order valence-corrected chi connectivity index (χ2v) is 6.42. The lowest BCUT2D eigenvalue weighted by Crippen LogP contribution is -2.40. The fourth-order valence-electron chi connectivity index (χ4n) is 2.51. The average Bonchev–Trinajstić information content (AvgIpc) is 3.19. The second-order valence-electron chi connectivity index (χ2n) is 5.47. The number of ether oxygens (including phenoxy) is 1. The molecule has 6 nitrogen and oxygen atoms in total. The van der Waals surface area contributed by atoms with Crippen LogP contribution in [0.15, 0.2) is 41.8 Å². The van der Waals surface area contributed by atoms with Crippen molar-refractivity contribution >= 4 is 23.3 Å². The van der Waals surface area contributed by atoms with E-state index in [0.29, 0.717) is 11.3 Å². The van der Waals surface area contributed by atoms with Gasteiger partial charge >= 0.3 is 6.03 Å². The van der Waals surface area contributed by atoms with Gasteiger partial charge in [0, 0.05) is 4.88 Å². The summed E-state index contributed by atoms with van der Waals surface area (Å²) in [6.45, 7) is 2.05. The van der Waals surface area contributed by atoms with Gasteiger partial charge in [-0.1, -0.05) is 6.07 Å². The van der Waals surface area contributed by atoms with Gasteiger partial charge in [-0.2, -0.15) is 5.26 Å². The Morgan fingerprint density at radius 3 is 2.67 bits per heavy atom. The van der Waals surface area contributed by atoms with E-state index in [0.717, 1.165) is 4.88 Å². The molecule has 1 aliphatic rings. The van der Waals surface area contributed by atoms with Crippen molar-refractivity contribution in [3.8, 4) is 11.8 Å². The molecule has 0 radical (unpaired) electrons. The number of thiophene rings is 1. The van der Waals surface area contributed by atoms with E-state index in [-0.39, 0.29) is 19.1 Å². The summed E-state index contributed by atoms with van der Waals surface area (Å²) in [7, 11) is 0. The predicted molar refractivity (Wildman–Crippen MR) is 88.6 cm³/mol. The van der Waals surface area contributed by atoms with Crippen LogP contribution in [-0.4, -0.2) is 30.0 Å². The maximum atomic E-state index is 12.6. The monoisotopic (exact) mass is 341 g/mol. The lowest BCUT2D eigenvalue weighted by molar-refractivity contribution is -0.131. The maximum Gasteiger partial charge on any atom is 0.325 e. The molecule has 3 rings (SSSR count). The van der Waals surface area contributed by atoms with E-state index < -0.39 is 11.6 Å². The van der Waals surface area contributed by atoms with Crippen molar-refractivity contribution in [3.05, 3.63) is 52.2 Å². The lowest BCUT2D eigenvalue weighted by atomic mass is 10.0. The van der Waals surface area contributed by atoms with Crippen LogP contribution in [0.1, 0.15) is 17.4 Å². The molecule has 0 aliphatic carbocycles. The standard InChI is InChI=1S/C17H15N3O3S/c1-17(14-3-2-10-24-14)15(21)20(16(22)19-17)8-9-23-13-6-4-12(11-18)5-7-13/h2-7,10H,8-9H2,1H3,(H,19,22). The highest BCUT2D eigenvalue weighted by molar-refractivity contribution is 7.10. The molecule has 1 aromatic heterocycles. The van der Waals surface area contributed by atoms with Crippen LogP contribution >= 0.6 is 11.3 Å². The minimum Gasteiger partial charge on any atom is -0.492 e. The van der Waals surface area contributed by atoms with Crippen LogP contribution in [0, 0.1) is 11.3 Å². The molecule has 3 amide bonds. The molecule has 2 heterocycles. The van der Waals surface area contributed by atoms with Gasteiger partial charge in [-0.25, -0.2) is 4.79 Å². The molecule has 1 aliphatic heterocycles. The molecule has 122 valence electrons. The Hall–Kier alpha value is -2.85. The largest absolute Gasteiger partial charge is 0.492 e. The number of benzene rings is 1. The van der Waals surface area contributed by atoms with E-state index in [9.17, 15) is 9.59 Å². The van der Waals surface area contributed by atoms with Crippen molar-refractivity contribution in [2.75, 3.05) is 13.2 Å². The Balaban J connectivity index is 1.62. The summed E-state index contributed by atoms with van der Waals surface area (Å²) in [4.78, 5) is 26.7. The Morgan fingerprint density at radius 1 is 1.29 bits per heavy atom. The van der Waals surface area contributed by atoms with Crippen molar-refractivity contribution in [1.82, 2.24) is 10.2 Å². The van der Waals surface area contributed by atoms with Gasteiger partial charge in [-0.3, -0.25) is 9.69 Å². The molecule has 1 saturated heterocycles. The van der Waals surface area contributed by atoms with E-state index in [4.69, 9.17) is 10.00 Å². The van der Waals surface area contributed by atoms with Gasteiger partial charge < -0.3 is 10.1 Å². The highest BCUT2D eigenvalue weighted by atomic mass is 32.1. The van der Waals surface area contributed by atoms with Crippen molar-refractivity contribution in [1.29, 1.82) is 5.26 Å². The van der Waals surface area contributed by atoms with Crippen LogP contribution in [0.5, 0.6) is 5.75 Å². The number of urea groups is 1. The molecule has 7 heteroatoms. The van der Waals surface area contributed by atoms with Crippen molar-refractivity contribution in [2.24, 2.45) is 0 Å². The highest BCUT2D eigenvalue weighted by Gasteiger charge is 2.49. The number of nitriles is 1. The fourth-order valence-corrected chi connectivity index (χ4v) is 3.35. The zero-order chi connectivity index (χ0) is 17.2. The minimum absolute atomic E-state index is 0.158. The number of rotatable bonds is 5. The number of amides is 3. The zero-order valence-electron chi connectivity index (χ0n) is 13.0. The summed E-state index contributed by atoms with van der Waals surface area (Å²) in [5.74, 6) is 0.306. The Kier molecular flexibility index (Phi) is 4.23. The number of carbonyl (C=O) groups excluding carboxylic acids is 2. The predicted octanol–water partition coefficient (Wildman–Crippen LogP) is 2.47. The number of nitrogens with one attached hydrogen (secondary N) is 1. The first kappa shape index (κ1) is 16.0. The molecular formula is C17H15N3O3S. The first-order chi connectivity index (χ1) is 11.5. The molecule has 1 fully saturated rings. The molecule has 1 N–H and O–H groups in total. The van der Waals surface area contributed by atoms with Gasteiger partial charge in [0.2, 0.25) is 0 Å². The van der Waals surface area contributed by atoms with Gasteiger partial charge in [-0.05, 0) is 42.6 Å². The van der Waals surface area contributed by atoms with E-state index in [1.54, 1.807) is 31.2 Å². The number of hydrogen-bond donors (Lipinski definition) is 1. The van der Waals surface area contributed by atoms with E-state index in [2.05, 4.69) is 5.32 Å². The SMILES string of the molecule is CC1(c2cccs2)NC(=O)N(CCOc2ccc(C#N)cc2)C1=O. The Morgan fingerprint density at radius 2 is 2.04 bits per heavy atom. The lowest BCUT2D eigenvalue weighted by Gasteiger charge is -2.20. The van der Waals surface area contributed by atoms with Crippen molar-refractivity contribution < 1.29 is 14.3 Å². The summed E-state index contributed by atoms with van der Waals surface area (Å²) in [5.41, 5.74) is -0.470. The number of imide groups is 1. The first-order valence-electron chi connectivity index (χ1n) is 7.35. The van der Waals surface area contributed by atoms with Crippen LogP contribution < -0.4 is 10.1 Å². The van der Waals surface area contributed by atoms with Crippen molar-refractivity contribution in [2.45, 2.75) is 12.5 Å². The third-order valence-corrected chi connectivity index (χ3v) is 4.95. The van der Waals surface area contributed by atoms with E-state index >= 15 is 0 Å². The summed E-state index contributed by atoms with van der Waals surface area (Å²) in [5, 5.41) is 13.4. The molecule has 1 aromatic carbocycles. The summed E-state index contributed by atoms with van der Waals surface area (Å²) in [6.07, 6.45) is 0. The van der Waals surface area contributed by atoms with Gasteiger partial charge in [0.25, 0.3) is 5.91 Å². The van der Waals surface area contributed by atoms with Crippen LogP contribution in [0.4, 0.5) is 4.79 Å². The maximum absolute atomic E-state index is 12.6. The molecule has 0 bridgehead atoms. The molecule has 2 aromatic rings. The summed E-state index contributed by atoms with van der Waals surface area (Å²) < 4.78 is 5.54. The number of nitrogens with zero attached hydrogens (tertiary/aromatic N) is 2. The molecular weight excluding hydrogens is 326 g/mol. The van der Waals surface area contributed by atoms with Gasteiger partial charge in [0.15, 0.2) is 5.54 Å². The van der Waals surface area contributed by atoms with Crippen LogP contribution in [-0.2, 0) is 10.3 Å². The molecule has 1 atom stereocenters. The fraction of sp³-hybridized carbons (Fsp3) is 0.235. The van der Waals surface area contributed by atoms with Crippen LogP contribution in [0.2, 0.25) is 0 Å². The molecule has 0 saturated carbocycles. The van der Waals surface area contributed by atoms with Gasteiger partial charge in [0.05, 0.1) is 18.2 Å². The zero-order valence-corrected chi connectivity index (χ0v) is 13.8. The smallest absolute Gasteiger partial charge is 0.325 e.